The molecule has 1 fully saturated rings. The molecule has 1 atom stereocenters. The fourth-order valence-electron chi connectivity index (χ4n) is 4.33. The van der Waals surface area contributed by atoms with Crippen molar-refractivity contribution in [3.05, 3.63) is 17.4 Å². The van der Waals surface area contributed by atoms with E-state index in [1.165, 1.54) is 0 Å². The van der Waals surface area contributed by atoms with E-state index in [0.29, 0.717) is 17.7 Å². The number of aliphatic carboxylic acids is 1. The molecule has 0 aromatic heterocycles. The number of ketones is 1. The van der Waals surface area contributed by atoms with Crippen molar-refractivity contribution in [2.45, 2.75) is 25.9 Å². The summed E-state index contributed by atoms with van der Waals surface area (Å²) in [6, 6.07) is 0.769. The van der Waals surface area contributed by atoms with Gasteiger partial charge >= 0.3 is 18.1 Å². The van der Waals surface area contributed by atoms with E-state index >= 15 is 4.39 Å². The molecule has 1 saturated heterocycles. The number of carbonyl (C=O) groups is 3. The number of ether oxygens (including phenoxy) is 2. The van der Waals surface area contributed by atoms with Gasteiger partial charge in [-0.3, -0.25) is 14.4 Å². The predicted octanol–water partition coefficient (Wildman–Crippen LogP) is 2.88. The van der Waals surface area contributed by atoms with Crippen molar-refractivity contribution in [3.8, 4) is 5.75 Å². The zero-order chi connectivity index (χ0) is 24.5. The molecule has 0 spiro atoms. The molecule has 182 valence electrons. The lowest BCUT2D eigenvalue weighted by molar-refractivity contribution is -0.148. The highest BCUT2D eigenvalue weighted by molar-refractivity contribution is 6.14. The van der Waals surface area contributed by atoms with Gasteiger partial charge in [0.25, 0.3) is 0 Å². The van der Waals surface area contributed by atoms with Crippen LogP contribution in [-0.2, 0) is 14.3 Å². The van der Waals surface area contributed by atoms with Gasteiger partial charge in [-0.2, -0.15) is 13.2 Å². The second-order valence-electron chi connectivity index (χ2n) is 7.90. The number of fused-ring (bicyclic) bond motifs is 1. The van der Waals surface area contributed by atoms with Crippen molar-refractivity contribution < 1.29 is 46.5 Å². The first-order valence-corrected chi connectivity index (χ1v) is 10.4. The van der Waals surface area contributed by atoms with Crippen molar-refractivity contribution in [3.63, 3.8) is 0 Å². The first-order chi connectivity index (χ1) is 15.5. The molecule has 0 saturated carbocycles. The summed E-state index contributed by atoms with van der Waals surface area (Å²) < 4.78 is 65.3. The van der Waals surface area contributed by atoms with E-state index in [4.69, 9.17) is 9.47 Å². The zero-order valence-corrected chi connectivity index (χ0v) is 18.1. The molecule has 1 aromatic carbocycles. The normalized spacial score (nSPS) is 19.3. The Bertz CT molecular complexity index is 944. The van der Waals surface area contributed by atoms with E-state index < -0.39 is 48.3 Å². The van der Waals surface area contributed by atoms with Gasteiger partial charge in [-0.1, -0.05) is 0 Å². The number of esters is 1. The molecule has 2 aliphatic heterocycles. The molecular weight excluding hydrogens is 452 g/mol. The van der Waals surface area contributed by atoms with Crippen LogP contribution in [-0.4, -0.2) is 68.9 Å². The van der Waals surface area contributed by atoms with Gasteiger partial charge in [-0.15, -0.1) is 0 Å². The van der Waals surface area contributed by atoms with Crippen LogP contribution in [0.2, 0.25) is 0 Å². The molecule has 8 nitrogen and oxygen atoms in total. The number of piperidine rings is 1. The molecule has 12 heteroatoms. The Morgan fingerprint density at radius 1 is 1.21 bits per heavy atom. The van der Waals surface area contributed by atoms with Crippen LogP contribution in [0.25, 0.3) is 0 Å². The summed E-state index contributed by atoms with van der Waals surface area (Å²) in [4.78, 5) is 38.4. The number of benzene rings is 1. The molecule has 0 amide bonds. The maximum absolute atomic E-state index is 15.2. The molecule has 1 unspecified atom stereocenters. The Labute approximate surface area is 187 Å². The van der Waals surface area contributed by atoms with Crippen LogP contribution in [0.15, 0.2) is 6.07 Å². The summed E-state index contributed by atoms with van der Waals surface area (Å²) >= 11 is 0. The van der Waals surface area contributed by atoms with Gasteiger partial charge in [-0.05, 0) is 25.8 Å². The van der Waals surface area contributed by atoms with Gasteiger partial charge in [0, 0.05) is 25.2 Å². The number of Topliss-reactive ketones (excluding diaryl/α,β-unsaturated/α-hetero) is 1. The van der Waals surface area contributed by atoms with Crippen LogP contribution in [0, 0.1) is 17.7 Å². The molecule has 3 rings (SSSR count). The number of hydrogen-bond donors (Lipinski definition) is 1. The number of methoxy groups -OCH3 is 1. The van der Waals surface area contributed by atoms with Gasteiger partial charge in [0.15, 0.2) is 17.3 Å². The lowest BCUT2D eigenvalue weighted by atomic mass is 9.89. The van der Waals surface area contributed by atoms with Crippen molar-refractivity contribution in [2.75, 3.05) is 49.7 Å². The summed E-state index contributed by atoms with van der Waals surface area (Å²) in [5.41, 5.74) is -0.897. The average molecular weight is 476 g/mol. The quantitative estimate of drug-likeness (QED) is 0.381. The highest BCUT2D eigenvalue weighted by Crippen LogP contribution is 2.47. The minimum Gasteiger partial charge on any atom is -0.492 e. The number of rotatable bonds is 6. The number of halogens is 4. The van der Waals surface area contributed by atoms with Crippen LogP contribution < -0.4 is 14.5 Å². The molecule has 33 heavy (non-hydrogen) atoms. The van der Waals surface area contributed by atoms with Gasteiger partial charge in [0.05, 0.1) is 25.3 Å². The molecule has 0 aliphatic carbocycles. The maximum Gasteiger partial charge on any atom is 0.405 e. The number of carboxylic acids is 1. The number of alkyl halides is 3. The third kappa shape index (κ3) is 4.98. The summed E-state index contributed by atoms with van der Waals surface area (Å²) in [7, 11) is 1.14. The Morgan fingerprint density at radius 2 is 1.85 bits per heavy atom. The van der Waals surface area contributed by atoms with E-state index in [-0.39, 0.29) is 48.7 Å². The summed E-state index contributed by atoms with van der Waals surface area (Å²) in [6.45, 7) is 0.0630. The van der Waals surface area contributed by atoms with Gasteiger partial charge in [0.1, 0.15) is 18.2 Å². The average Bonchev–Trinajstić information content (AvgIpc) is 2.74. The second-order valence-corrected chi connectivity index (χ2v) is 7.90. The first kappa shape index (κ1) is 24.6. The fraction of sp³-hybridized carbons (Fsp3) is 0.571. The van der Waals surface area contributed by atoms with Crippen molar-refractivity contribution >= 4 is 29.1 Å². The smallest absolute Gasteiger partial charge is 0.405 e. The molecule has 2 aliphatic rings. The summed E-state index contributed by atoms with van der Waals surface area (Å²) in [6.07, 6.45) is -4.03. The number of carboxylic acid groups (broad SMARTS) is 1. The largest absolute Gasteiger partial charge is 0.492 e. The standard InChI is InChI=1S/C21H24F4N2O6/c1-3-33-20(31)11-4-6-26(7-5-11)16-14(22)8-12-15(18(16)32-2)27(10-21(23,24)25)9-13(17(12)28)19(29)30/h8,11,13H,3-7,9-10H2,1-2H3,(H,29,30). The van der Waals surface area contributed by atoms with Crippen molar-refractivity contribution in [1.29, 1.82) is 0 Å². The molecular formula is C21H24F4N2O6. The van der Waals surface area contributed by atoms with Crippen LogP contribution in [0.3, 0.4) is 0 Å². The zero-order valence-electron chi connectivity index (χ0n) is 18.1. The van der Waals surface area contributed by atoms with E-state index in [0.717, 1.165) is 13.2 Å². The predicted molar refractivity (Wildman–Crippen MR) is 108 cm³/mol. The first-order valence-electron chi connectivity index (χ1n) is 10.4. The Morgan fingerprint density at radius 3 is 2.36 bits per heavy atom. The third-order valence-electron chi connectivity index (χ3n) is 5.79. The minimum absolute atomic E-state index is 0.132. The van der Waals surface area contributed by atoms with Gasteiger partial charge < -0.3 is 24.4 Å². The van der Waals surface area contributed by atoms with E-state index in [2.05, 4.69) is 0 Å². The molecule has 2 heterocycles. The van der Waals surface area contributed by atoms with E-state index in [9.17, 15) is 32.7 Å². The maximum atomic E-state index is 15.2. The Kier molecular flexibility index (Phi) is 7.03. The van der Waals surface area contributed by atoms with Crippen LogP contribution in [0.1, 0.15) is 30.1 Å². The van der Waals surface area contributed by atoms with E-state index in [1.807, 2.05) is 0 Å². The van der Waals surface area contributed by atoms with Crippen LogP contribution in [0.5, 0.6) is 5.75 Å². The van der Waals surface area contributed by atoms with Crippen molar-refractivity contribution in [1.82, 2.24) is 0 Å². The van der Waals surface area contributed by atoms with Gasteiger partial charge in [-0.25, -0.2) is 4.39 Å². The number of hydrogen-bond acceptors (Lipinski definition) is 7. The van der Waals surface area contributed by atoms with E-state index in [1.54, 1.807) is 11.8 Å². The molecule has 1 aromatic rings. The lowest BCUT2D eigenvalue weighted by Gasteiger charge is -2.38. The number of anilines is 2. The number of carbonyl (C=O) groups excluding carboxylic acids is 2. The Hall–Kier alpha value is -3.05. The van der Waals surface area contributed by atoms with Crippen LogP contribution >= 0.6 is 0 Å². The highest BCUT2D eigenvalue weighted by Gasteiger charge is 2.44. The van der Waals surface area contributed by atoms with Gasteiger partial charge in [0.2, 0.25) is 0 Å². The molecule has 0 radical (unpaired) electrons. The van der Waals surface area contributed by atoms with Crippen LogP contribution in [0.4, 0.5) is 28.9 Å². The summed E-state index contributed by atoms with van der Waals surface area (Å²) in [5.74, 6) is -6.30. The summed E-state index contributed by atoms with van der Waals surface area (Å²) in [5, 5.41) is 9.31. The lowest BCUT2D eigenvalue weighted by Crippen LogP contribution is -2.47. The molecule has 1 N–H and O–H groups in total. The van der Waals surface area contributed by atoms with Crippen molar-refractivity contribution in [2.24, 2.45) is 11.8 Å². The highest BCUT2D eigenvalue weighted by atomic mass is 19.4. The molecule has 0 bridgehead atoms. The Balaban J connectivity index is 2.03. The monoisotopic (exact) mass is 476 g/mol. The number of nitrogens with zero attached hydrogens (tertiary/aromatic N) is 2. The fourth-order valence-corrected chi connectivity index (χ4v) is 4.33. The third-order valence-corrected chi connectivity index (χ3v) is 5.79. The second kappa shape index (κ2) is 9.44. The SMILES string of the molecule is CCOC(=O)C1CCN(c2c(F)cc3c(c2OC)N(CC(F)(F)F)CC(C(=O)O)C3=O)CC1. The minimum atomic E-state index is -4.71. The topological polar surface area (TPSA) is 96.4 Å².